The minimum atomic E-state index is -0.151. The molecule has 1 heterocycles. The Kier molecular flexibility index (Phi) is 7.13. The summed E-state index contributed by atoms with van der Waals surface area (Å²) in [5, 5.41) is 4.20. The summed E-state index contributed by atoms with van der Waals surface area (Å²) in [6, 6.07) is 15.7. The average Bonchev–Trinajstić information content (AvgIpc) is 2.64. The van der Waals surface area contributed by atoms with Gasteiger partial charge in [0.25, 0.3) is 0 Å². The van der Waals surface area contributed by atoms with Gasteiger partial charge in [-0.2, -0.15) is 0 Å². The lowest BCUT2D eigenvalue weighted by molar-refractivity contribution is -0.123. The SMILES string of the molecule is C[C@@H](NC(=O)CN1CCN(Cc2ccccc2)CC1)c1ccc(Cl)cc1Cl. The van der Waals surface area contributed by atoms with Gasteiger partial charge in [-0.1, -0.05) is 59.6 Å². The number of amides is 1. The topological polar surface area (TPSA) is 35.6 Å². The van der Waals surface area contributed by atoms with Crippen LogP contribution in [0.4, 0.5) is 0 Å². The molecule has 1 aliphatic heterocycles. The number of halogens is 2. The predicted octanol–water partition coefficient (Wildman–Crippen LogP) is 3.99. The average molecular weight is 406 g/mol. The van der Waals surface area contributed by atoms with Crippen molar-refractivity contribution in [1.29, 1.82) is 0 Å². The van der Waals surface area contributed by atoms with Gasteiger partial charge in [-0.15, -0.1) is 0 Å². The summed E-state index contributed by atoms with van der Waals surface area (Å²) in [5.74, 6) is 0.0185. The molecule has 1 aliphatic rings. The van der Waals surface area contributed by atoms with Crippen LogP contribution in [0.1, 0.15) is 24.1 Å². The molecular formula is C21H25Cl2N3O. The van der Waals surface area contributed by atoms with Crippen LogP contribution in [0.15, 0.2) is 48.5 Å². The van der Waals surface area contributed by atoms with E-state index in [1.54, 1.807) is 12.1 Å². The van der Waals surface area contributed by atoms with Crippen LogP contribution >= 0.6 is 23.2 Å². The third-order valence-electron chi connectivity index (χ3n) is 4.89. The fourth-order valence-corrected chi connectivity index (χ4v) is 3.94. The zero-order chi connectivity index (χ0) is 19.2. The first-order valence-electron chi connectivity index (χ1n) is 9.24. The molecular weight excluding hydrogens is 381 g/mol. The number of nitrogens with zero attached hydrogens (tertiary/aromatic N) is 2. The maximum atomic E-state index is 12.4. The molecule has 0 radical (unpaired) electrons. The zero-order valence-electron chi connectivity index (χ0n) is 15.5. The van der Waals surface area contributed by atoms with Gasteiger partial charge in [0.2, 0.25) is 5.91 Å². The maximum absolute atomic E-state index is 12.4. The van der Waals surface area contributed by atoms with Gasteiger partial charge >= 0.3 is 0 Å². The highest BCUT2D eigenvalue weighted by Crippen LogP contribution is 2.26. The molecule has 3 rings (SSSR count). The standard InChI is InChI=1S/C21H25Cl2N3O/c1-16(19-8-7-18(22)13-20(19)23)24-21(27)15-26-11-9-25(10-12-26)14-17-5-3-2-4-6-17/h2-8,13,16H,9-12,14-15H2,1H3,(H,24,27)/t16-/m1/s1. The Morgan fingerprint density at radius 1 is 1.04 bits per heavy atom. The number of rotatable bonds is 6. The van der Waals surface area contributed by atoms with Crippen LogP contribution in [0.25, 0.3) is 0 Å². The second kappa shape index (κ2) is 9.56. The Hall–Kier alpha value is -1.59. The highest BCUT2D eigenvalue weighted by molar-refractivity contribution is 6.35. The molecule has 0 bridgehead atoms. The van der Waals surface area contributed by atoms with Gasteiger partial charge in [0.15, 0.2) is 0 Å². The van der Waals surface area contributed by atoms with Crippen molar-refractivity contribution in [3.8, 4) is 0 Å². The Bertz CT molecular complexity index is 761. The normalized spacial score (nSPS) is 16.9. The molecule has 1 fully saturated rings. The minimum Gasteiger partial charge on any atom is -0.348 e. The van der Waals surface area contributed by atoms with Crippen molar-refractivity contribution in [2.75, 3.05) is 32.7 Å². The van der Waals surface area contributed by atoms with E-state index < -0.39 is 0 Å². The number of hydrogen-bond acceptors (Lipinski definition) is 3. The third-order valence-corrected chi connectivity index (χ3v) is 5.45. The van der Waals surface area contributed by atoms with Crippen LogP contribution in [0.3, 0.4) is 0 Å². The van der Waals surface area contributed by atoms with Crippen LogP contribution in [-0.4, -0.2) is 48.4 Å². The number of hydrogen-bond donors (Lipinski definition) is 1. The van der Waals surface area contributed by atoms with E-state index in [-0.39, 0.29) is 11.9 Å². The van der Waals surface area contributed by atoms with E-state index in [9.17, 15) is 4.79 Å². The summed E-state index contributed by atoms with van der Waals surface area (Å²) in [7, 11) is 0. The van der Waals surface area contributed by atoms with Gasteiger partial charge in [-0.25, -0.2) is 0 Å². The van der Waals surface area contributed by atoms with E-state index in [2.05, 4.69) is 39.4 Å². The molecule has 1 amide bonds. The smallest absolute Gasteiger partial charge is 0.234 e. The largest absolute Gasteiger partial charge is 0.348 e. The van der Waals surface area contributed by atoms with Crippen molar-refractivity contribution < 1.29 is 4.79 Å². The van der Waals surface area contributed by atoms with Crippen molar-refractivity contribution in [3.63, 3.8) is 0 Å². The van der Waals surface area contributed by atoms with Gasteiger partial charge in [0, 0.05) is 42.8 Å². The molecule has 0 aromatic heterocycles. The molecule has 144 valence electrons. The highest BCUT2D eigenvalue weighted by atomic mass is 35.5. The quantitative estimate of drug-likeness (QED) is 0.788. The Balaban J connectivity index is 1.44. The summed E-state index contributed by atoms with van der Waals surface area (Å²) in [5.41, 5.74) is 2.21. The lowest BCUT2D eigenvalue weighted by Gasteiger charge is -2.34. The van der Waals surface area contributed by atoms with Crippen LogP contribution in [0, 0.1) is 0 Å². The van der Waals surface area contributed by atoms with Gasteiger partial charge in [0.05, 0.1) is 12.6 Å². The number of benzene rings is 2. The van der Waals surface area contributed by atoms with Gasteiger partial charge < -0.3 is 5.32 Å². The summed E-state index contributed by atoms with van der Waals surface area (Å²) < 4.78 is 0. The molecule has 1 saturated heterocycles. The first-order valence-corrected chi connectivity index (χ1v) is 10.00. The van der Waals surface area contributed by atoms with Crippen molar-refractivity contribution >= 4 is 29.1 Å². The number of piperazine rings is 1. The van der Waals surface area contributed by atoms with E-state index >= 15 is 0 Å². The van der Waals surface area contributed by atoms with Gasteiger partial charge in [-0.3, -0.25) is 14.6 Å². The fourth-order valence-electron chi connectivity index (χ4n) is 3.37. The summed E-state index contributed by atoms with van der Waals surface area (Å²) in [4.78, 5) is 17.0. The molecule has 0 aliphatic carbocycles. The van der Waals surface area contributed by atoms with E-state index in [0.29, 0.717) is 16.6 Å². The zero-order valence-corrected chi connectivity index (χ0v) is 17.0. The maximum Gasteiger partial charge on any atom is 0.234 e. The predicted molar refractivity (Wildman–Crippen MR) is 111 cm³/mol. The molecule has 4 nitrogen and oxygen atoms in total. The van der Waals surface area contributed by atoms with Crippen LogP contribution in [0.5, 0.6) is 0 Å². The Morgan fingerprint density at radius 3 is 2.37 bits per heavy atom. The van der Waals surface area contributed by atoms with Gasteiger partial charge in [0.1, 0.15) is 0 Å². The van der Waals surface area contributed by atoms with Crippen LogP contribution < -0.4 is 5.32 Å². The molecule has 6 heteroatoms. The first-order chi connectivity index (χ1) is 13.0. The summed E-state index contributed by atoms with van der Waals surface area (Å²) in [6.45, 7) is 7.06. The number of carbonyl (C=O) groups is 1. The lowest BCUT2D eigenvalue weighted by atomic mass is 10.1. The van der Waals surface area contributed by atoms with Crippen LogP contribution in [-0.2, 0) is 11.3 Å². The molecule has 2 aromatic rings. The molecule has 1 N–H and O–H groups in total. The molecule has 27 heavy (non-hydrogen) atoms. The molecule has 0 spiro atoms. The van der Waals surface area contributed by atoms with E-state index in [1.165, 1.54) is 5.56 Å². The Labute approximate surface area is 171 Å². The highest BCUT2D eigenvalue weighted by Gasteiger charge is 2.20. The monoisotopic (exact) mass is 405 g/mol. The Morgan fingerprint density at radius 2 is 1.70 bits per heavy atom. The summed E-state index contributed by atoms with van der Waals surface area (Å²) in [6.07, 6.45) is 0. The van der Waals surface area contributed by atoms with E-state index in [4.69, 9.17) is 23.2 Å². The number of nitrogens with one attached hydrogen (secondary N) is 1. The fraction of sp³-hybridized carbons (Fsp3) is 0.381. The van der Waals surface area contributed by atoms with Crippen LogP contribution in [0.2, 0.25) is 10.0 Å². The second-order valence-electron chi connectivity index (χ2n) is 6.99. The summed E-state index contributed by atoms with van der Waals surface area (Å²) >= 11 is 12.2. The van der Waals surface area contributed by atoms with Crippen molar-refractivity contribution in [1.82, 2.24) is 15.1 Å². The second-order valence-corrected chi connectivity index (χ2v) is 7.84. The third kappa shape index (κ3) is 5.94. The van der Waals surface area contributed by atoms with Crippen molar-refractivity contribution in [2.24, 2.45) is 0 Å². The van der Waals surface area contributed by atoms with Gasteiger partial charge in [-0.05, 0) is 30.2 Å². The lowest BCUT2D eigenvalue weighted by Crippen LogP contribution is -2.49. The van der Waals surface area contributed by atoms with E-state index in [1.807, 2.05) is 19.1 Å². The number of carbonyl (C=O) groups excluding carboxylic acids is 1. The van der Waals surface area contributed by atoms with Crippen molar-refractivity contribution in [2.45, 2.75) is 19.5 Å². The molecule has 2 aromatic carbocycles. The first kappa shape index (κ1) is 20.2. The molecule has 1 atom stereocenters. The van der Waals surface area contributed by atoms with E-state index in [0.717, 1.165) is 38.3 Å². The van der Waals surface area contributed by atoms with Crippen molar-refractivity contribution in [3.05, 3.63) is 69.7 Å². The molecule has 0 saturated carbocycles. The molecule has 0 unspecified atom stereocenters. The minimum absolute atomic E-state index is 0.0185.